The van der Waals surface area contributed by atoms with Crippen LogP contribution in [0.3, 0.4) is 0 Å². The number of pyridine rings is 1. The fourth-order valence-electron chi connectivity index (χ4n) is 3.96. The number of rotatable bonds is 5. The van der Waals surface area contributed by atoms with Crippen LogP contribution >= 0.6 is 11.3 Å². The van der Waals surface area contributed by atoms with Gasteiger partial charge in [0.1, 0.15) is 4.90 Å². The molecule has 1 amide bonds. The summed E-state index contributed by atoms with van der Waals surface area (Å²) in [5, 5.41) is 1.74. The van der Waals surface area contributed by atoms with Crippen LogP contribution in [0.25, 0.3) is 10.9 Å². The molecule has 0 bridgehead atoms. The van der Waals surface area contributed by atoms with Crippen molar-refractivity contribution in [3.05, 3.63) is 77.4 Å². The quantitative estimate of drug-likeness (QED) is 0.455. The molecule has 0 unspecified atom stereocenters. The Morgan fingerprint density at radius 2 is 1.71 bits per heavy atom. The van der Waals surface area contributed by atoms with E-state index in [1.807, 2.05) is 30.2 Å². The average molecular weight is 494 g/mol. The third-order valence-electron chi connectivity index (χ3n) is 5.72. The highest BCUT2D eigenvalue weighted by Gasteiger charge is 2.24. The number of aromatic nitrogens is 2. The molecule has 8 nitrogen and oxygen atoms in total. The van der Waals surface area contributed by atoms with E-state index < -0.39 is 10.0 Å². The number of para-hydroxylation sites is 1. The zero-order valence-corrected chi connectivity index (χ0v) is 20.1. The Balaban J connectivity index is 1.26. The maximum absolute atomic E-state index is 13.0. The summed E-state index contributed by atoms with van der Waals surface area (Å²) in [7, 11) is -3.84. The second-order valence-corrected chi connectivity index (χ2v) is 10.9. The molecule has 34 heavy (non-hydrogen) atoms. The van der Waals surface area contributed by atoms with E-state index in [1.165, 1.54) is 10.9 Å². The van der Waals surface area contributed by atoms with E-state index in [1.54, 1.807) is 53.9 Å². The molecule has 3 heterocycles. The molecule has 0 aliphatic carbocycles. The number of nitrogens with zero attached hydrogens (tertiary/aromatic N) is 4. The van der Waals surface area contributed by atoms with E-state index in [9.17, 15) is 13.2 Å². The molecule has 0 spiro atoms. The fourth-order valence-corrected chi connectivity index (χ4v) is 6.01. The zero-order chi connectivity index (χ0) is 23.7. The molecule has 1 aliphatic rings. The molecule has 1 aliphatic heterocycles. The van der Waals surface area contributed by atoms with Gasteiger partial charge in [-0.15, -0.1) is 11.3 Å². The van der Waals surface area contributed by atoms with Crippen molar-refractivity contribution in [1.82, 2.24) is 14.9 Å². The lowest BCUT2D eigenvalue weighted by molar-refractivity contribution is 0.0747. The lowest BCUT2D eigenvalue weighted by Gasteiger charge is -2.34. The highest BCUT2D eigenvalue weighted by atomic mass is 32.2. The average Bonchev–Trinajstić information content (AvgIpc) is 3.30. The predicted octanol–water partition coefficient (Wildman–Crippen LogP) is 3.76. The van der Waals surface area contributed by atoms with Gasteiger partial charge in [0.2, 0.25) is 0 Å². The van der Waals surface area contributed by atoms with Crippen molar-refractivity contribution in [3.63, 3.8) is 0 Å². The van der Waals surface area contributed by atoms with Crippen LogP contribution in [-0.2, 0) is 10.0 Å². The Labute approximate surface area is 201 Å². The van der Waals surface area contributed by atoms with Crippen LogP contribution in [-0.4, -0.2) is 55.4 Å². The van der Waals surface area contributed by atoms with Gasteiger partial charge in [0.25, 0.3) is 15.9 Å². The van der Waals surface area contributed by atoms with Crippen molar-refractivity contribution in [2.75, 3.05) is 35.8 Å². The molecule has 5 rings (SSSR count). The zero-order valence-electron chi connectivity index (χ0n) is 18.5. The molecule has 0 saturated carbocycles. The third-order valence-corrected chi connectivity index (χ3v) is 8.10. The first kappa shape index (κ1) is 22.3. The van der Waals surface area contributed by atoms with Gasteiger partial charge in [-0.1, -0.05) is 18.2 Å². The summed E-state index contributed by atoms with van der Waals surface area (Å²) >= 11 is 1.66. The van der Waals surface area contributed by atoms with Crippen LogP contribution < -0.4 is 9.62 Å². The molecule has 4 aromatic rings. The van der Waals surface area contributed by atoms with Crippen molar-refractivity contribution in [2.24, 2.45) is 0 Å². The molecule has 174 valence electrons. The molecule has 1 saturated heterocycles. The first-order valence-corrected chi connectivity index (χ1v) is 13.1. The van der Waals surface area contributed by atoms with Gasteiger partial charge in [0.05, 0.1) is 5.52 Å². The van der Waals surface area contributed by atoms with Crippen molar-refractivity contribution < 1.29 is 13.2 Å². The van der Waals surface area contributed by atoms with Gasteiger partial charge in [-0.3, -0.25) is 14.5 Å². The highest BCUT2D eigenvalue weighted by molar-refractivity contribution is 7.93. The van der Waals surface area contributed by atoms with E-state index in [-0.39, 0.29) is 10.8 Å². The van der Waals surface area contributed by atoms with Crippen LogP contribution in [0.15, 0.2) is 71.9 Å². The van der Waals surface area contributed by atoms with Gasteiger partial charge in [0.15, 0.2) is 5.13 Å². The number of carbonyl (C=O) groups excluding carboxylic acids is 1. The Kier molecular flexibility index (Phi) is 5.93. The minimum atomic E-state index is -3.84. The number of sulfonamides is 1. The minimum Gasteiger partial charge on any atom is -0.345 e. The molecule has 10 heteroatoms. The van der Waals surface area contributed by atoms with Gasteiger partial charge in [-0.05, 0) is 43.3 Å². The normalized spacial score (nSPS) is 14.4. The topological polar surface area (TPSA) is 95.5 Å². The predicted molar refractivity (Wildman–Crippen MR) is 134 cm³/mol. The molecule has 2 aromatic heterocycles. The third kappa shape index (κ3) is 4.46. The van der Waals surface area contributed by atoms with E-state index in [4.69, 9.17) is 0 Å². The summed E-state index contributed by atoms with van der Waals surface area (Å²) in [6.07, 6.45) is 3.43. The smallest absolute Gasteiger partial charge is 0.264 e. The van der Waals surface area contributed by atoms with Crippen molar-refractivity contribution >= 4 is 49.0 Å². The fraction of sp³-hybridized carbons (Fsp3) is 0.208. The van der Waals surface area contributed by atoms with Crippen LogP contribution in [0.1, 0.15) is 15.2 Å². The summed E-state index contributed by atoms with van der Waals surface area (Å²) in [5.41, 5.74) is 1.32. The van der Waals surface area contributed by atoms with Gasteiger partial charge in [0, 0.05) is 60.1 Å². The monoisotopic (exact) mass is 493 g/mol. The van der Waals surface area contributed by atoms with Gasteiger partial charge >= 0.3 is 0 Å². The summed E-state index contributed by atoms with van der Waals surface area (Å²) < 4.78 is 28.6. The maximum atomic E-state index is 13.0. The number of thiazole rings is 1. The number of hydrogen-bond acceptors (Lipinski definition) is 7. The Bertz CT molecular complexity index is 1440. The summed E-state index contributed by atoms with van der Waals surface area (Å²) in [6.45, 7) is 4.72. The Morgan fingerprint density at radius 3 is 2.41 bits per heavy atom. The minimum absolute atomic E-state index is 0.0670. The molecule has 0 radical (unpaired) electrons. The molecular formula is C24H23N5O3S2. The molecule has 2 aromatic carbocycles. The van der Waals surface area contributed by atoms with E-state index in [2.05, 4.69) is 19.6 Å². The highest BCUT2D eigenvalue weighted by Crippen LogP contribution is 2.25. The SMILES string of the molecule is Cc1cnc(N2CCN(C(=O)c3ccc(NS(=O)(=O)c4cccc5cccnc45)cc3)CC2)s1. The van der Waals surface area contributed by atoms with Crippen LogP contribution in [0.4, 0.5) is 10.8 Å². The molecule has 0 atom stereocenters. The van der Waals surface area contributed by atoms with E-state index in [0.717, 1.165) is 23.6 Å². The number of aryl methyl sites for hydroxylation is 1. The van der Waals surface area contributed by atoms with Crippen molar-refractivity contribution in [3.8, 4) is 0 Å². The lowest BCUT2D eigenvalue weighted by Crippen LogP contribution is -2.48. The number of benzene rings is 2. The van der Waals surface area contributed by atoms with Gasteiger partial charge in [-0.2, -0.15) is 0 Å². The number of carbonyl (C=O) groups is 1. The van der Waals surface area contributed by atoms with Crippen LogP contribution in [0.5, 0.6) is 0 Å². The Morgan fingerprint density at radius 1 is 0.971 bits per heavy atom. The summed E-state index contributed by atoms with van der Waals surface area (Å²) in [4.78, 5) is 26.9. The second-order valence-electron chi connectivity index (χ2n) is 8.05. The van der Waals surface area contributed by atoms with Gasteiger partial charge in [-0.25, -0.2) is 13.4 Å². The van der Waals surface area contributed by atoms with Gasteiger partial charge < -0.3 is 9.80 Å². The number of anilines is 2. The second kappa shape index (κ2) is 9.03. The number of hydrogen-bond donors (Lipinski definition) is 1. The van der Waals surface area contributed by atoms with E-state index >= 15 is 0 Å². The lowest BCUT2D eigenvalue weighted by atomic mass is 10.1. The molecule has 1 N–H and O–H groups in total. The molecule has 1 fully saturated rings. The standard InChI is InChI=1S/C24H23N5O3S2/c1-17-16-26-24(33-17)29-14-12-28(13-15-29)23(30)19-7-9-20(10-8-19)27-34(31,32)21-6-2-4-18-5-3-11-25-22(18)21/h2-11,16,27H,12-15H2,1H3. The number of amides is 1. The van der Waals surface area contributed by atoms with Crippen molar-refractivity contribution in [1.29, 1.82) is 0 Å². The van der Waals surface area contributed by atoms with Crippen LogP contribution in [0, 0.1) is 6.92 Å². The number of fused-ring (bicyclic) bond motifs is 1. The first-order chi connectivity index (χ1) is 16.4. The van der Waals surface area contributed by atoms with Crippen molar-refractivity contribution in [2.45, 2.75) is 11.8 Å². The number of piperazine rings is 1. The maximum Gasteiger partial charge on any atom is 0.264 e. The summed E-state index contributed by atoms with van der Waals surface area (Å²) in [6, 6.07) is 15.1. The first-order valence-electron chi connectivity index (χ1n) is 10.8. The Hall–Kier alpha value is -3.50. The number of nitrogens with one attached hydrogen (secondary N) is 1. The van der Waals surface area contributed by atoms with Crippen LogP contribution in [0.2, 0.25) is 0 Å². The largest absolute Gasteiger partial charge is 0.345 e. The summed E-state index contributed by atoms with van der Waals surface area (Å²) in [5.74, 6) is -0.0670. The molecular weight excluding hydrogens is 470 g/mol. The van der Waals surface area contributed by atoms with E-state index in [0.29, 0.717) is 29.9 Å².